The third kappa shape index (κ3) is 5.34. The third-order valence-corrected chi connectivity index (χ3v) is 3.54. The predicted molar refractivity (Wildman–Crippen MR) is 85.6 cm³/mol. The number of halogens is 4. The molecule has 1 aliphatic heterocycles. The number of piperazine rings is 1. The van der Waals surface area contributed by atoms with E-state index in [2.05, 4.69) is 4.90 Å². The van der Waals surface area contributed by atoms with Crippen molar-refractivity contribution in [1.29, 1.82) is 0 Å². The van der Waals surface area contributed by atoms with E-state index in [4.69, 9.17) is 5.73 Å². The van der Waals surface area contributed by atoms with Crippen molar-refractivity contribution in [3.05, 3.63) is 29.8 Å². The lowest BCUT2D eigenvalue weighted by Gasteiger charge is -2.38. The number of benzene rings is 1. The minimum Gasteiger partial charge on any atom is -0.369 e. The van der Waals surface area contributed by atoms with Gasteiger partial charge in [0.05, 0.1) is 5.56 Å². The van der Waals surface area contributed by atoms with E-state index in [0.717, 1.165) is 38.8 Å². The van der Waals surface area contributed by atoms with Crippen LogP contribution in [0, 0.1) is 0 Å². The average molecular weight is 338 g/mol. The lowest BCUT2D eigenvalue weighted by molar-refractivity contribution is -0.137. The van der Waals surface area contributed by atoms with Crippen LogP contribution in [-0.2, 0) is 6.18 Å². The van der Waals surface area contributed by atoms with Gasteiger partial charge in [0.2, 0.25) is 0 Å². The molecule has 0 aromatic heterocycles. The van der Waals surface area contributed by atoms with E-state index in [0.29, 0.717) is 5.69 Å². The molecular weight excluding hydrogens is 315 g/mol. The van der Waals surface area contributed by atoms with Crippen LogP contribution in [0.4, 0.5) is 18.9 Å². The molecule has 1 aromatic rings. The molecule has 7 heteroatoms. The summed E-state index contributed by atoms with van der Waals surface area (Å²) in [4.78, 5) is 4.25. The van der Waals surface area contributed by atoms with Gasteiger partial charge in [0.25, 0.3) is 0 Å². The molecular formula is C15H23ClF3N3. The van der Waals surface area contributed by atoms with E-state index >= 15 is 0 Å². The first kappa shape index (κ1) is 19.1. The molecule has 0 spiro atoms. The molecule has 1 aliphatic rings. The highest BCUT2D eigenvalue weighted by molar-refractivity contribution is 5.85. The molecule has 22 heavy (non-hydrogen) atoms. The molecule has 0 unspecified atom stereocenters. The number of nitrogens with two attached hydrogens (primary N) is 1. The fourth-order valence-electron chi connectivity index (χ4n) is 2.62. The Labute approximate surface area is 135 Å². The molecule has 126 valence electrons. The zero-order valence-corrected chi connectivity index (χ0v) is 13.7. The number of hydrogen-bond acceptors (Lipinski definition) is 3. The maximum atomic E-state index is 12.7. The van der Waals surface area contributed by atoms with Crippen LogP contribution in [0.3, 0.4) is 0 Å². The number of nitrogens with zero attached hydrogens (tertiary/aromatic N) is 2. The van der Waals surface area contributed by atoms with E-state index in [1.54, 1.807) is 6.07 Å². The monoisotopic (exact) mass is 337 g/mol. The van der Waals surface area contributed by atoms with Crippen LogP contribution >= 0.6 is 12.4 Å². The van der Waals surface area contributed by atoms with E-state index in [1.165, 1.54) is 12.1 Å². The van der Waals surface area contributed by atoms with Gasteiger partial charge in [-0.1, -0.05) is 6.07 Å². The molecule has 1 aromatic carbocycles. The highest BCUT2D eigenvalue weighted by atomic mass is 35.5. The summed E-state index contributed by atoms with van der Waals surface area (Å²) in [6.07, 6.45) is -4.29. The molecule has 2 N–H and O–H groups in total. The van der Waals surface area contributed by atoms with E-state index in [-0.39, 0.29) is 17.9 Å². The summed E-state index contributed by atoms with van der Waals surface area (Å²) in [5, 5.41) is 0. The highest BCUT2D eigenvalue weighted by Crippen LogP contribution is 2.31. The Balaban J connectivity index is 0.00000242. The van der Waals surface area contributed by atoms with Crippen LogP contribution in [0.2, 0.25) is 0 Å². The maximum absolute atomic E-state index is 12.7. The molecule has 1 heterocycles. The van der Waals surface area contributed by atoms with Gasteiger partial charge in [-0.3, -0.25) is 4.90 Å². The van der Waals surface area contributed by atoms with Crippen LogP contribution in [0.5, 0.6) is 0 Å². The van der Waals surface area contributed by atoms with Gasteiger partial charge in [0.1, 0.15) is 0 Å². The van der Waals surface area contributed by atoms with Crippen molar-refractivity contribution in [2.75, 3.05) is 37.6 Å². The Morgan fingerprint density at radius 1 is 1.09 bits per heavy atom. The van der Waals surface area contributed by atoms with Crippen LogP contribution in [0.25, 0.3) is 0 Å². The summed E-state index contributed by atoms with van der Waals surface area (Å²) in [6, 6.07) is 5.53. The van der Waals surface area contributed by atoms with Gasteiger partial charge >= 0.3 is 6.18 Å². The van der Waals surface area contributed by atoms with Gasteiger partial charge in [0, 0.05) is 44.0 Å². The first-order chi connectivity index (χ1) is 9.65. The lowest BCUT2D eigenvalue weighted by atomic mass is 10.1. The zero-order valence-electron chi connectivity index (χ0n) is 12.9. The predicted octanol–water partition coefficient (Wildman–Crippen LogP) is 2.99. The minimum absolute atomic E-state index is 0. The van der Waals surface area contributed by atoms with Crippen molar-refractivity contribution in [2.45, 2.75) is 25.6 Å². The summed E-state index contributed by atoms with van der Waals surface area (Å²) >= 11 is 0. The zero-order chi connectivity index (χ0) is 15.7. The number of hydrogen-bond donors (Lipinski definition) is 1. The van der Waals surface area contributed by atoms with Crippen LogP contribution in [-0.4, -0.2) is 43.2 Å². The Hall–Kier alpha value is -0.980. The summed E-state index contributed by atoms with van der Waals surface area (Å²) in [6.45, 7) is 7.82. The summed E-state index contributed by atoms with van der Waals surface area (Å²) in [5.74, 6) is 0. The quantitative estimate of drug-likeness (QED) is 0.920. The van der Waals surface area contributed by atoms with Gasteiger partial charge in [-0.15, -0.1) is 12.4 Å². The first-order valence-electron chi connectivity index (χ1n) is 7.09. The van der Waals surface area contributed by atoms with Gasteiger partial charge < -0.3 is 10.6 Å². The van der Waals surface area contributed by atoms with Gasteiger partial charge in [-0.05, 0) is 32.0 Å². The lowest BCUT2D eigenvalue weighted by Crippen LogP contribution is -2.53. The molecule has 1 saturated heterocycles. The van der Waals surface area contributed by atoms with Gasteiger partial charge in [0.15, 0.2) is 0 Å². The molecule has 1 fully saturated rings. The molecule has 0 saturated carbocycles. The van der Waals surface area contributed by atoms with Crippen LogP contribution < -0.4 is 10.6 Å². The molecule has 2 rings (SSSR count). The second kappa shape index (κ2) is 7.06. The van der Waals surface area contributed by atoms with Crippen molar-refractivity contribution in [3.8, 4) is 0 Å². The number of alkyl halides is 3. The summed E-state index contributed by atoms with van der Waals surface area (Å²) in [5.41, 5.74) is 5.79. The Morgan fingerprint density at radius 2 is 1.68 bits per heavy atom. The normalized spacial score (nSPS) is 17.3. The largest absolute Gasteiger partial charge is 0.416 e. The van der Waals surface area contributed by atoms with E-state index < -0.39 is 11.7 Å². The maximum Gasteiger partial charge on any atom is 0.416 e. The van der Waals surface area contributed by atoms with Gasteiger partial charge in [-0.25, -0.2) is 0 Å². The third-order valence-electron chi connectivity index (χ3n) is 3.54. The Kier molecular flexibility index (Phi) is 6.12. The van der Waals surface area contributed by atoms with E-state index in [9.17, 15) is 13.2 Å². The van der Waals surface area contributed by atoms with E-state index in [1.807, 2.05) is 18.7 Å². The second-order valence-corrected chi connectivity index (χ2v) is 6.30. The number of anilines is 1. The topological polar surface area (TPSA) is 32.5 Å². The molecule has 0 aliphatic carbocycles. The molecule has 0 radical (unpaired) electrons. The Morgan fingerprint density at radius 3 is 2.18 bits per heavy atom. The van der Waals surface area contributed by atoms with Crippen LogP contribution in [0.15, 0.2) is 24.3 Å². The number of rotatable bonds is 3. The molecule has 3 nitrogen and oxygen atoms in total. The minimum atomic E-state index is -4.29. The smallest absolute Gasteiger partial charge is 0.369 e. The second-order valence-electron chi connectivity index (χ2n) is 6.30. The SMILES string of the molecule is CC(C)(N)CN1CCN(c2cccc(C(F)(F)F)c2)CC1.Cl. The standard InChI is InChI=1S/C15H22F3N3.ClH/c1-14(2,19)11-20-6-8-21(9-7-20)13-5-3-4-12(10-13)15(16,17)18;/h3-5,10H,6-9,11,19H2,1-2H3;1H. The molecule has 0 bridgehead atoms. The summed E-state index contributed by atoms with van der Waals surface area (Å²) in [7, 11) is 0. The molecule has 0 atom stereocenters. The van der Waals surface area contributed by atoms with Crippen molar-refractivity contribution < 1.29 is 13.2 Å². The van der Waals surface area contributed by atoms with Crippen molar-refractivity contribution in [3.63, 3.8) is 0 Å². The highest BCUT2D eigenvalue weighted by Gasteiger charge is 2.31. The molecule has 0 amide bonds. The fraction of sp³-hybridized carbons (Fsp3) is 0.600. The van der Waals surface area contributed by atoms with Crippen molar-refractivity contribution in [2.24, 2.45) is 5.73 Å². The fourth-order valence-corrected chi connectivity index (χ4v) is 2.62. The Bertz CT molecular complexity index is 478. The first-order valence-corrected chi connectivity index (χ1v) is 7.09. The van der Waals surface area contributed by atoms with Gasteiger partial charge in [-0.2, -0.15) is 13.2 Å². The summed E-state index contributed by atoms with van der Waals surface area (Å²) < 4.78 is 38.2. The van der Waals surface area contributed by atoms with Crippen LogP contribution in [0.1, 0.15) is 19.4 Å². The van der Waals surface area contributed by atoms with Crippen molar-refractivity contribution in [1.82, 2.24) is 4.90 Å². The average Bonchev–Trinajstić information content (AvgIpc) is 2.37. The van der Waals surface area contributed by atoms with Crippen molar-refractivity contribution >= 4 is 18.1 Å².